The van der Waals surface area contributed by atoms with Gasteiger partial charge in [0.1, 0.15) is 18.1 Å². The quantitative estimate of drug-likeness (QED) is 0.648. The normalized spacial score (nSPS) is 10.4. The maximum atomic E-state index is 11.1. The molecule has 0 aromatic heterocycles. The standard InChI is InChI=1S/C15H23NO4/c1-4-10-19-13-5-7-14(8-6-13)20-11-9-16(2)12-15(17)18-3/h5-8H,4,9-12H2,1-3H3. The summed E-state index contributed by atoms with van der Waals surface area (Å²) in [5, 5.41) is 0. The summed E-state index contributed by atoms with van der Waals surface area (Å²) < 4.78 is 15.7. The molecule has 1 rings (SSSR count). The molecule has 20 heavy (non-hydrogen) atoms. The van der Waals surface area contributed by atoms with Crippen molar-refractivity contribution in [1.82, 2.24) is 4.90 Å². The maximum absolute atomic E-state index is 11.1. The summed E-state index contributed by atoms with van der Waals surface area (Å²) in [6.07, 6.45) is 0.991. The second kappa shape index (κ2) is 9.20. The van der Waals surface area contributed by atoms with E-state index in [1.165, 1.54) is 7.11 Å². The average molecular weight is 281 g/mol. The summed E-state index contributed by atoms with van der Waals surface area (Å²) in [6, 6.07) is 7.54. The van der Waals surface area contributed by atoms with Gasteiger partial charge in [0.15, 0.2) is 0 Å². The monoisotopic (exact) mass is 281 g/mol. The van der Waals surface area contributed by atoms with Crippen LogP contribution in [0, 0.1) is 0 Å². The highest BCUT2D eigenvalue weighted by Gasteiger charge is 2.05. The van der Waals surface area contributed by atoms with Crippen LogP contribution in [-0.2, 0) is 9.53 Å². The molecule has 0 unspecified atom stereocenters. The molecule has 0 aliphatic heterocycles. The Hall–Kier alpha value is -1.75. The number of esters is 1. The minimum atomic E-state index is -0.245. The lowest BCUT2D eigenvalue weighted by molar-refractivity contribution is -0.141. The molecule has 0 N–H and O–H groups in total. The molecule has 1 aromatic carbocycles. The zero-order chi connectivity index (χ0) is 14.8. The Morgan fingerprint density at radius 3 is 2.15 bits per heavy atom. The Morgan fingerprint density at radius 1 is 1.10 bits per heavy atom. The van der Waals surface area contributed by atoms with E-state index in [4.69, 9.17) is 9.47 Å². The number of hydrogen-bond acceptors (Lipinski definition) is 5. The smallest absolute Gasteiger partial charge is 0.319 e. The van der Waals surface area contributed by atoms with Crippen molar-refractivity contribution >= 4 is 5.97 Å². The molecule has 0 atom stereocenters. The van der Waals surface area contributed by atoms with Gasteiger partial charge in [-0.25, -0.2) is 0 Å². The first kappa shape index (κ1) is 16.3. The lowest BCUT2D eigenvalue weighted by Gasteiger charge is -2.15. The first-order chi connectivity index (χ1) is 9.65. The lowest BCUT2D eigenvalue weighted by Crippen LogP contribution is -2.30. The van der Waals surface area contributed by atoms with Crippen LogP contribution in [-0.4, -0.2) is 51.3 Å². The number of benzene rings is 1. The predicted octanol–water partition coefficient (Wildman–Crippen LogP) is 1.96. The minimum absolute atomic E-state index is 0.245. The molecule has 1 aromatic rings. The Labute approximate surface area is 120 Å². The predicted molar refractivity (Wildman–Crippen MR) is 77.2 cm³/mol. The lowest BCUT2D eigenvalue weighted by atomic mass is 10.3. The number of methoxy groups -OCH3 is 1. The van der Waals surface area contributed by atoms with Gasteiger partial charge in [-0.1, -0.05) is 6.92 Å². The van der Waals surface area contributed by atoms with Crippen molar-refractivity contribution in [2.24, 2.45) is 0 Å². The molecule has 112 valence electrons. The molecule has 0 saturated heterocycles. The van der Waals surface area contributed by atoms with Gasteiger partial charge in [0.2, 0.25) is 0 Å². The molecular formula is C15H23NO4. The fraction of sp³-hybridized carbons (Fsp3) is 0.533. The third-order valence-electron chi connectivity index (χ3n) is 2.67. The van der Waals surface area contributed by atoms with E-state index in [0.717, 1.165) is 24.5 Å². The molecule has 0 fully saturated rings. The zero-order valence-corrected chi connectivity index (χ0v) is 12.4. The number of ether oxygens (including phenoxy) is 3. The number of rotatable bonds is 9. The number of nitrogens with zero attached hydrogens (tertiary/aromatic N) is 1. The molecule has 0 aliphatic rings. The second-order valence-electron chi connectivity index (χ2n) is 4.48. The van der Waals surface area contributed by atoms with Gasteiger partial charge in [0.25, 0.3) is 0 Å². The van der Waals surface area contributed by atoms with Crippen molar-refractivity contribution in [3.05, 3.63) is 24.3 Å². The molecule has 0 bridgehead atoms. The molecule has 0 aliphatic carbocycles. The van der Waals surface area contributed by atoms with Crippen LogP contribution < -0.4 is 9.47 Å². The van der Waals surface area contributed by atoms with E-state index in [1.807, 2.05) is 36.2 Å². The van der Waals surface area contributed by atoms with Crippen LogP contribution in [0.2, 0.25) is 0 Å². The largest absolute Gasteiger partial charge is 0.494 e. The number of carbonyl (C=O) groups excluding carboxylic acids is 1. The van der Waals surface area contributed by atoms with Gasteiger partial charge < -0.3 is 14.2 Å². The molecule has 0 spiro atoms. The molecular weight excluding hydrogens is 258 g/mol. The van der Waals surface area contributed by atoms with Crippen molar-refractivity contribution < 1.29 is 19.0 Å². The van der Waals surface area contributed by atoms with E-state index in [2.05, 4.69) is 11.7 Å². The Morgan fingerprint density at radius 2 is 1.65 bits per heavy atom. The zero-order valence-electron chi connectivity index (χ0n) is 12.4. The average Bonchev–Trinajstić information content (AvgIpc) is 2.46. The summed E-state index contributed by atoms with van der Waals surface area (Å²) >= 11 is 0. The maximum Gasteiger partial charge on any atom is 0.319 e. The van der Waals surface area contributed by atoms with E-state index in [0.29, 0.717) is 13.2 Å². The second-order valence-corrected chi connectivity index (χ2v) is 4.48. The van der Waals surface area contributed by atoms with E-state index < -0.39 is 0 Å². The van der Waals surface area contributed by atoms with E-state index in [1.54, 1.807) is 0 Å². The van der Waals surface area contributed by atoms with E-state index >= 15 is 0 Å². The van der Waals surface area contributed by atoms with Crippen molar-refractivity contribution in [2.75, 3.05) is 40.5 Å². The fourth-order valence-electron chi connectivity index (χ4n) is 1.54. The van der Waals surface area contributed by atoms with Crippen molar-refractivity contribution in [2.45, 2.75) is 13.3 Å². The molecule has 5 nitrogen and oxygen atoms in total. The summed E-state index contributed by atoms with van der Waals surface area (Å²) in [5.41, 5.74) is 0. The molecule has 0 saturated carbocycles. The topological polar surface area (TPSA) is 48.0 Å². The molecule has 5 heteroatoms. The number of carbonyl (C=O) groups is 1. The number of hydrogen-bond donors (Lipinski definition) is 0. The van der Waals surface area contributed by atoms with Crippen LogP contribution in [0.5, 0.6) is 11.5 Å². The van der Waals surface area contributed by atoms with Gasteiger partial charge in [-0.2, -0.15) is 0 Å². The number of likely N-dealkylation sites (N-methyl/N-ethyl adjacent to an activating group) is 1. The first-order valence-electron chi connectivity index (χ1n) is 6.76. The van der Waals surface area contributed by atoms with Gasteiger partial charge in [0, 0.05) is 6.54 Å². The Bertz CT molecular complexity index is 391. The van der Waals surface area contributed by atoms with Gasteiger partial charge >= 0.3 is 5.97 Å². The third kappa shape index (κ3) is 6.43. The fourth-order valence-corrected chi connectivity index (χ4v) is 1.54. The summed E-state index contributed by atoms with van der Waals surface area (Å²) in [4.78, 5) is 12.9. The van der Waals surface area contributed by atoms with E-state index in [-0.39, 0.29) is 12.5 Å². The van der Waals surface area contributed by atoms with Gasteiger partial charge in [-0.05, 0) is 37.7 Å². The van der Waals surface area contributed by atoms with Gasteiger partial charge in [-0.15, -0.1) is 0 Å². The van der Waals surface area contributed by atoms with Gasteiger partial charge in [-0.3, -0.25) is 9.69 Å². The Kier molecular flexibility index (Phi) is 7.50. The van der Waals surface area contributed by atoms with Crippen LogP contribution in [0.15, 0.2) is 24.3 Å². The third-order valence-corrected chi connectivity index (χ3v) is 2.67. The highest BCUT2D eigenvalue weighted by atomic mass is 16.5. The van der Waals surface area contributed by atoms with Crippen molar-refractivity contribution in [3.8, 4) is 11.5 Å². The summed E-state index contributed by atoms with van der Waals surface area (Å²) in [5.74, 6) is 1.40. The van der Waals surface area contributed by atoms with Gasteiger partial charge in [0.05, 0.1) is 20.3 Å². The van der Waals surface area contributed by atoms with E-state index in [9.17, 15) is 4.79 Å². The highest BCUT2D eigenvalue weighted by Crippen LogP contribution is 2.17. The van der Waals surface area contributed by atoms with Crippen molar-refractivity contribution in [3.63, 3.8) is 0 Å². The molecule has 0 heterocycles. The molecule has 0 amide bonds. The summed E-state index contributed by atoms with van der Waals surface area (Å²) in [7, 11) is 3.23. The highest BCUT2D eigenvalue weighted by molar-refractivity contribution is 5.71. The van der Waals surface area contributed by atoms with Crippen LogP contribution in [0.1, 0.15) is 13.3 Å². The molecule has 0 radical (unpaired) electrons. The first-order valence-corrected chi connectivity index (χ1v) is 6.76. The van der Waals surface area contributed by atoms with Crippen LogP contribution in [0.4, 0.5) is 0 Å². The van der Waals surface area contributed by atoms with Crippen molar-refractivity contribution in [1.29, 1.82) is 0 Å². The van der Waals surface area contributed by atoms with Crippen LogP contribution in [0.25, 0.3) is 0 Å². The summed E-state index contributed by atoms with van der Waals surface area (Å²) in [6.45, 7) is 4.23. The van der Waals surface area contributed by atoms with Crippen LogP contribution in [0.3, 0.4) is 0 Å². The SMILES string of the molecule is CCCOc1ccc(OCCN(C)CC(=O)OC)cc1. The Balaban J connectivity index is 2.26. The van der Waals surface area contributed by atoms with Crippen LogP contribution >= 0.6 is 0 Å². The minimum Gasteiger partial charge on any atom is -0.494 e.